The first-order chi connectivity index (χ1) is 10.8. The van der Waals surface area contributed by atoms with Gasteiger partial charge in [-0.15, -0.1) is 0 Å². The summed E-state index contributed by atoms with van der Waals surface area (Å²) < 4.78 is 37.0. The second-order valence-corrected chi connectivity index (χ2v) is 7.00. The van der Waals surface area contributed by atoms with E-state index in [4.69, 9.17) is 0 Å². The van der Waals surface area contributed by atoms with E-state index in [1.54, 1.807) is 0 Å². The van der Waals surface area contributed by atoms with Crippen molar-refractivity contribution >= 4 is 5.91 Å². The van der Waals surface area contributed by atoms with Crippen molar-refractivity contribution in [2.75, 3.05) is 45.8 Å². The Morgan fingerprint density at radius 2 is 1.83 bits per heavy atom. The van der Waals surface area contributed by atoms with Gasteiger partial charge in [-0.25, -0.2) is 0 Å². The number of alkyl halides is 3. The molecular formula is C16H28F3N3O. The molecule has 0 saturated carbocycles. The maximum Gasteiger partial charge on any atom is 0.401 e. The number of nitrogens with zero attached hydrogens (tertiary/aromatic N) is 2. The largest absolute Gasteiger partial charge is 0.401 e. The first-order valence-corrected chi connectivity index (χ1v) is 8.62. The highest BCUT2D eigenvalue weighted by Crippen LogP contribution is 2.22. The van der Waals surface area contributed by atoms with Crippen LogP contribution in [0.5, 0.6) is 0 Å². The van der Waals surface area contributed by atoms with E-state index >= 15 is 0 Å². The molecule has 2 aliphatic rings. The van der Waals surface area contributed by atoms with Gasteiger partial charge in [0.25, 0.3) is 0 Å². The first-order valence-electron chi connectivity index (χ1n) is 8.62. The SMILES string of the molecule is C[C@@H]1CCCN(CCNC(=O)C2CCN(CC(F)(F)F)CC2)C1. The molecular weight excluding hydrogens is 307 g/mol. The minimum absolute atomic E-state index is 0.00159. The second-order valence-electron chi connectivity index (χ2n) is 7.00. The maximum atomic E-state index is 12.3. The Balaban J connectivity index is 1.61. The summed E-state index contributed by atoms with van der Waals surface area (Å²) in [5.41, 5.74) is 0. The molecule has 1 amide bonds. The number of hydrogen-bond acceptors (Lipinski definition) is 3. The Morgan fingerprint density at radius 3 is 2.43 bits per heavy atom. The van der Waals surface area contributed by atoms with Crippen LogP contribution >= 0.6 is 0 Å². The minimum Gasteiger partial charge on any atom is -0.355 e. The van der Waals surface area contributed by atoms with Gasteiger partial charge >= 0.3 is 6.18 Å². The van der Waals surface area contributed by atoms with E-state index in [1.807, 2.05) is 0 Å². The molecule has 0 aliphatic carbocycles. The van der Waals surface area contributed by atoms with Gasteiger partial charge in [0.05, 0.1) is 6.54 Å². The number of piperidine rings is 2. The molecule has 2 saturated heterocycles. The Bertz CT molecular complexity index is 381. The molecule has 0 bridgehead atoms. The third-order valence-corrected chi connectivity index (χ3v) is 4.83. The first kappa shape index (κ1) is 18.5. The van der Waals surface area contributed by atoms with Gasteiger partial charge in [0.1, 0.15) is 0 Å². The van der Waals surface area contributed by atoms with Crippen molar-refractivity contribution in [3.8, 4) is 0 Å². The number of nitrogens with one attached hydrogen (secondary N) is 1. The van der Waals surface area contributed by atoms with Crippen molar-refractivity contribution in [1.82, 2.24) is 15.1 Å². The van der Waals surface area contributed by atoms with Crippen LogP contribution < -0.4 is 5.32 Å². The molecule has 4 nitrogen and oxygen atoms in total. The van der Waals surface area contributed by atoms with E-state index in [0.717, 1.165) is 25.6 Å². The third-order valence-electron chi connectivity index (χ3n) is 4.83. The molecule has 7 heteroatoms. The van der Waals surface area contributed by atoms with Gasteiger partial charge in [-0.3, -0.25) is 9.69 Å². The fourth-order valence-corrected chi connectivity index (χ4v) is 3.58. The number of hydrogen-bond donors (Lipinski definition) is 1. The Hall–Kier alpha value is -0.820. The number of halogens is 3. The molecule has 2 aliphatic heterocycles. The molecule has 2 fully saturated rings. The fraction of sp³-hybridized carbons (Fsp3) is 0.938. The van der Waals surface area contributed by atoms with E-state index in [1.165, 1.54) is 17.7 Å². The quantitative estimate of drug-likeness (QED) is 0.836. The van der Waals surface area contributed by atoms with Crippen LogP contribution in [-0.4, -0.2) is 67.7 Å². The van der Waals surface area contributed by atoms with E-state index < -0.39 is 12.7 Å². The summed E-state index contributed by atoms with van der Waals surface area (Å²) in [5, 5.41) is 2.96. The zero-order valence-corrected chi connectivity index (χ0v) is 13.9. The van der Waals surface area contributed by atoms with Crippen LogP contribution in [0.3, 0.4) is 0 Å². The summed E-state index contributed by atoms with van der Waals surface area (Å²) in [6, 6.07) is 0. The molecule has 0 aromatic rings. The average Bonchev–Trinajstić information content (AvgIpc) is 2.46. The standard InChI is InChI=1S/C16H28F3N3O/c1-13-3-2-7-21(11-13)10-6-20-15(23)14-4-8-22(9-5-14)12-16(17,18)19/h13-14H,2-12H2,1H3,(H,20,23)/t13-/m1/s1. The van der Waals surface area contributed by atoms with Crippen LogP contribution in [0.4, 0.5) is 13.2 Å². The number of carbonyl (C=O) groups excluding carboxylic acids is 1. The highest BCUT2D eigenvalue weighted by Gasteiger charge is 2.33. The van der Waals surface area contributed by atoms with Gasteiger partial charge in [0, 0.05) is 25.6 Å². The van der Waals surface area contributed by atoms with Crippen molar-refractivity contribution in [3.05, 3.63) is 0 Å². The van der Waals surface area contributed by atoms with Crippen LogP contribution in [0.2, 0.25) is 0 Å². The van der Waals surface area contributed by atoms with Gasteiger partial charge in [-0.1, -0.05) is 6.92 Å². The minimum atomic E-state index is -4.15. The topological polar surface area (TPSA) is 35.6 Å². The Kier molecular flexibility index (Phi) is 6.71. The van der Waals surface area contributed by atoms with Gasteiger partial charge in [-0.2, -0.15) is 13.2 Å². The van der Waals surface area contributed by atoms with Gasteiger partial charge in [0.15, 0.2) is 0 Å². The Labute approximate surface area is 136 Å². The normalized spacial score (nSPS) is 25.5. The predicted molar refractivity (Wildman–Crippen MR) is 83.1 cm³/mol. The highest BCUT2D eigenvalue weighted by molar-refractivity contribution is 5.78. The molecule has 1 atom stereocenters. The summed E-state index contributed by atoms with van der Waals surface area (Å²) in [4.78, 5) is 15.9. The van der Waals surface area contributed by atoms with E-state index in [0.29, 0.717) is 32.5 Å². The summed E-state index contributed by atoms with van der Waals surface area (Å²) in [7, 11) is 0. The van der Waals surface area contributed by atoms with E-state index in [-0.39, 0.29) is 11.8 Å². The molecule has 0 radical (unpaired) electrons. The molecule has 0 aromatic carbocycles. The summed E-state index contributed by atoms with van der Waals surface area (Å²) in [5.74, 6) is 0.582. The molecule has 0 aromatic heterocycles. The monoisotopic (exact) mass is 335 g/mol. The van der Waals surface area contributed by atoms with Gasteiger partial charge in [0.2, 0.25) is 5.91 Å². The fourth-order valence-electron chi connectivity index (χ4n) is 3.58. The summed E-state index contributed by atoms with van der Waals surface area (Å²) >= 11 is 0. The summed E-state index contributed by atoms with van der Waals surface area (Å²) in [6.45, 7) is 5.76. The van der Waals surface area contributed by atoms with Crippen molar-refractivity contribution in [1.29, 1.82) is 0 Å². The van der Waals surface area contributed by atoms with Crippen molar-refractivity contribution in [3.63, 3.8) is 0 Å². The van der Waals surface area contributed by atoms with Crippen molar-refractivity contribution < 1.29 is 18.0 Å². The molecule has 2 rings (SSSR count). The van der Waals surface area contributed by atoms with E-state index in [9.17, 15) is 18.0 Å². The number of carbonyl (C=O) groups is 1. The lowest BCUT2D eigenvalue weighted by Crippen LogP contribution is -2.45. The average molecular weight is 335 g/mol. The number of amides is 1. The maximum absolute atomic E-state index is 12.3. The smallest absolute Gasteiger partial charge is 0.355 e. The van der Waals surface area contributed by atoms with Crippen LogP contribution in [0.25, 0.3) is 0 Å². The van der Waals surface area contributed by atoms with Crippen LogP contribution in [0, 0.1) is 11.8 Å². The highest BCUT2D eigenvalue weighted by atomic mass is 19.4. The molecule has 0 spiro atoms. The lowest BCUT2D eigenvalue weighted by molar-refractivity contribution is -0.149. The predicted octanol–water partition coefficient (Wildman–Crippen LogP) is 2.11. The molecule has 1 N–H and O–H groups in total. The zero-order chi connectivity index (χ0) is 16.9. The van der Waals surface area contributed by atoms with Crippen LogP contribution in [0.15, 0.2) is 0 Å². The molecule has 134 valence electrons. The lowest BCUT2D eigenvalue weighted by atomic mass is 9.96. The second kappa shape index (κ2) is 8.33. The van der Waals surface area contributed by atoms with Crippen molar-refractivity contribution in [2.45, 2.75) is 38.8 Å². The van der Waals surface area contributed by atoms with Gasteiger partial charge in [-0.05, 0) is 51.2 Å². The summed E-state index contributed by atoms with van der Waals surface area (Å²) in [6.07, 6.45) is -0.627. The Morgan fingerprint density at radius 1 is 1.13 bits per heavy atom. The van der Waals surface area contributed by atoms with E-state index in [2.05, 4.69) is 17.1 Å². The molecule has 23 heavy (non-hydrogen) atoms. The third kappa shape index (κ3) is 6.67. The zero-order valence-electron chi connectivity index (χ0n) is 13.9. The molecule has 0 unspecified atom stereocenters. The van der Waals surface area contributed by atoms with Crippen molar-refractivity contribution in [2.24, 2.45) is 11.8 Å². The van der Waals surface area contributed by atoms with Crippen LogP contribution in [0.1, 0.15) is 32.6 Å². The lowest BCUT2D eigenvalue weighted by Gasteiger charge is -2.32. The number of likely N-dealkylation sites (tertiary alicyclic amines) is 2. The number of rotatable bonds is 5. The molecule has 2 heterocycles. The van der Waals surface area contributed by atoms with Gasteiger partial charge < -0.3 is 10.2 Å². The van der Waals surface area contributed by atoms with Crippen LogP contribution in [-0.2, 0) is 4.79 Å².